The molecule has 0 saturated carbocycles. The first kappa shape index (κ1) is 23.8. The summed E-state index contributed by atoms with van der Waals surface area (Å²) in [6.45, 7) is 5.56. The Bertz CT molecular complexity index is 1260. The maximum Gasteiger partial charge on any atom is 0.263 e. The standard InChI is InChI=1S/C19H21BrN4O4S3/c1-12(2)17(23-30(25,26)15-8-4-13(3)5-9-15)18-21-22-19(29-18)24-31(27,28)16-10-6-14(20)7-11-16/h4-12,17,23H,1-3H3,(H,22,24). The van der Waals surface area contributed by atoms with E-state index in [1.165, 1.54) is 24.3 Å². The van der Waals surface area contributed by atoms with Gasteiger partial charge in [-0.1, -0.05) is 58.8 Å². The Morgan fingerprint density at radius 3 is 2.00 bits per heavy atom. The van der Waals surface area contributed by atoms with Gasteiger partial charge in [0.25, 0.3) is 10.0 Å². The topological polar surface area (TPSA) is 118 Å². The second-order valence-corrected chi connectivity index (χ2v) is 12.5. The van der Waals surface area contributed by atoms with Crippen LogP contribution < -0.4 is 9.44 Å². The van der Waals surface area contributed by atoms with Crippen LogP contribution >= 0.6 is 27.3 Å². The van der Waals surface area contributed by atoms with Crippen molar-refractivity contribution in [3.63, 3.8) is 0 Å². The van der Waals surface area contributed by atoms with E-state index < -0.39 is 26.1 Å². The van der Waals surface area contributed by atoms with E-state index in [1.54, 1.807) is 24.3 Å². The second-order valence-electron chi connectivity index (χ2n) is 7.16. The van der Waals surface area contributed by atoms with E-state index >= 15 is 0 Å². The summed E-state index contributed by atoms with van der Waals surface area (Å²) < 4.78 is 56.6. The Hall–Kier alpha value is -1.86. The number of benzene rings is 2. The normalized spacial score (nSPS) is 13.3. The number of aryl methyl sites for hydroxylation is 1. The number of sulfonamides is 2. The molecule has 0 spiro atoms. The van der Waals surface area contributed by atoms with Crippen LogP contribution in [0.3, 0.4) is 0 Å². The molecule has 1 unspecified atom stereocenters. The predicted octanol–water partition coefficient (Wildman–Crippen LogP) is 4.09. The maximum absolute atomic E-state index is 12.8. The molecule has 0 radical (unpaired) electrons. The third kappa shape index (κ3) is 5.89. The Kier molecular flexibility index (Phi) is 7.16. The van der Waals surface area contributed by atoms with Gasteiger partial charge in [0.15, 0.2) is 0 Å². The largest absolute Gasteiger partial charge is 0.263 e. The van der Waals surface area contributed by atoms with E-state index in [0.29, 0.717) is 5.01 Å². The summed E-state index contributed by atoms with van der Waals surface area (Å²) in [7, 11) is -7.64. The van der Waals surface area contributed by atoms with Gasteiger partial charge >= 0.3 is 0 Å². The van der Waals surface area contributed by atoms with Gasteiger partial charge in [0, 0.05) is 4.47 Å². The number of anilines is 1. The average molecular weight is 546 g/mol. The molecule has 0 fully saturated rings. The molecule has 3 rings (SSSR count). The summed E-state index contributed by atoms with van der Waals surface area (Å²) in [6.07, 6.45) is 0. The second kappa shape index (κ2) is 9.33. The molecule has 31 heavy (non-hydrogen) atoms. The summed E-state index contributed by atoms with van der Waals surface area (Å²) in [6, 6.07) is 12.0. The molecule has 8 nitrogen and oxygen atoms in total. The molecular weight excluding hydrogens is 524 g/mol. The molecule has 2 N–H and O–H groups in total. The molecule has 2 aromatic carbocycles. The van der Waals surface area contributed by atoms with Crippen molar-refractivity contribution in [1.29, 1.82) is 0 Å². The van der Waals surface area contributed by atoms with Gasteiger partial charge < -0.3 is 0 Å². The number of hydrogen-bond donors (Lipinski definition) is 2. The van der Waals surface area contributed by atoms with Crippen molar-refractivity contribution in [3.05, 3.63) is 63.6 Å². The third-order valence-corrected chi connectivity index (χ3v) is 8.72. The Balaban J connectivity index is 1.82. The fourth-order valence-electron chi connectivity index (χ4n) is 2.61. The minimum atomic E-state index is -3.85. The molecule has 12 heteroatoms. The Morgan fingerprint density at radius 1 is 0.871 bits per heavy atom. The van der Waals surface area contributed by atoms with Crippen molar-refractivity contribution < 1.29 is 16.8 Å². The number of nitrogens with one attached hydrogen (secondary N) is 2. The van der Waals surface area contributed by atoms with Crippen molar-refractivity contribution in [2.24, 2.45) is 5.92 Å². The molecular formula is C19H21BrN4O4S3. The van der Waals surface area contributed by atoms with Gasteiger partial charge in [-0.25, -0.2) is 21.6 Å². The molecule has 0 amide bonds. The highest BCUT2D eigenvalue weighted by Crippen LogP contribution is 2.30. The first-order chi connectivity index (χ1) is 14.5. The van der Waals surface area contributed by atoms with E-state index in [1.807, 2.05) is 20.8 Å². The number of aromatic nitrogens is 2. The van der Waals surface area contributed by atoms with E-state index in [2.05, 4.69) is 35.6 Å². The molecule has 0 saturated heterocycles. The minimum Gasteiger partial charge on any atom is -0.253 e. The molecule has 1 aromatic heterocycles. The lowest BCUT2D eigenvalue weighted by Crippen LogP contribution is -2.31. The third-order valence-electron chi connectivity index (χ3n) is 4.33. The van der Waals surface area contributed by atoms with Crippen molar-refractivity contribution in [2.45, 2.75) is 36.6 Å². The van der Waals surface area contributed by atoms with Crippen molar-refractivity contribution in [3.8, 4) is 0 Å². The lowest BCUT2D eigenvalue weighted by atomic mass is 10.1. The molecule has 0 aliphatic carbocycles. The fraction of sp³-hybridized carbons (Fsp3) is 0.263. The van der Waals surface area contributed by atoms with Crippen LogP contribution in [0.25, 0.3) is 0 Å². The van der Waals surface area contributed by atoms with E-state index in [9.17, 15) is 16.8 Å². The summed E-state index contributed by atoms with van der Waals surface area (Å²) in [5.74, 6) is -0.149. The van der Waals surface area contributed by atoms with E-state index in [-0.39, 0.29) is 20.8 Å². The van der Waals surface area contributed by atoms with Crippen LogP contribution in [0.2, 0.25) is 0 Å². The van der Waals surface area contributed by atoms with Crippen LogP contribution in [0, 0.1) is 12.8 Å². The van der Waals surface area contributed by atoms with Crippen LogP contribution in [-0.4, -0.2) is 27.0 Å². The molecule has 0 bridgehead atoms. The van der Waals surface area contributed by atoms with Gasteiger partial charge in [-0.15, -0.1) is 10.2 Å². The molecule has 166 valence electrons. The van der Waals surface area contributed by atoms with Crippen LogP contribution in [-0.2, 0) is 20.0 Å². The van der Waals surface area contributed by atoms with Gasteiger partial charge in [-0.05, 0) is 49.2 Å². The van der Waals surface area contributed by atoms with Crippen molar-refractivity contribution in [1.82, 2.24) is 14.9 Å². The van der Waals surface area contributed by atoms with Gasteiger partial charge in [0.1, 0.15) is 5.01 Å². The smallest absolute Gasteiger partial charge is 0.253 e. The number of hydrogen-bond acceptors (Lipinski definition) is 7. The highest BCUT2D eigenvalue weighted by atomic mass is 79.9. The van der Waals surface area contributed by atoms with Crippen LogP contribution in [0.15, 0.2) is 62.8 Å². The lowest BCUT2D eigenvalue weighted by molar-refractivity contribution is 0.459. The zero-order chi connectivity index (χ0) is 22.8. The maximum atomic E-state index is 12.8. The van der Waals surface area contributed by atoms with E-state index in [0.717, 1.165) is 21.4 Å². The summed E-state index contributed by atoms with van der Waals surface area (Å²) in [4.78, 5) is 0.220. The van der Waals surface area contributed by atoms with Crippen LogP contribution in [0.4, 0.5) is 5.13 Å². The molecule has 1 heterocycles. The van der Waals surface area contributed by atoms with Crippen molar-refractivity contribution >= 4 is 52.4 Å². The molecule has 0 aliphatic heterocycles. The predicted molar refractivity (Wildman–Crippen MR) is 124 cm³/mol. The number of halogens is 1. The van der Waals surface area contributed by atoms with Crippen LogP contribution in [0.5, 0.6) is 0 Å². The van der Waals surface area contributed by atoms with Gasteiger partial charge in [-0.2, -0.15) is 0 Å². The number of nitrogens with zero attached hydrogens (tertiary/aromatic N) is 2. The zero-order valence-corrected chi connectivity index (χ0v) is 20.9. The zero-order valence-electron chi connectivity index (χ0n) is 16.9. The Morgan fingerprint density at radius 2 is 1.42 bits per heavy atom. The van der Waals surface area contributed by atoms with Gasteiger partial charge in [0.05, 0.1) is 15.8 Å². The number of rotatable bonds is 8. The van der Waals surface area contributed by atoms with Crippen molar-refractivity contribution in [2.75, 3.05) is 4.72 Å². The first-order valence-electron chi connectivity index (χ1n) is 9.19. The van der Waals surface area contributed by atoms with Gasteiger partial charge in [0.2, 0.25) is 15.2 Å². The molecule has 1 atom stereocenters. The highest BCUT2D eigenvalue weighted by Gasteiger charge is 2.28. The summed E-state index contributed by atoms with van der Waals surface area (Å²) in [5.41, 5.74) is 0.950. The average Bonchev–Trinajstić information content (AvgIpc) is 3.14. The lowest BCUT2D eigenvalue weighted by Gasteiger charge is -2.19. The quantitative estimate of drug-likeness (QED) is 0.441. The fourth-order valence-corrected chi connectivity index (χ4v) is 6.50. The monoisotopic (exact) mass is 544 g/mol. The van der Waals surface area contributed by atoms with Crippen LogP contribution in [0.1, 0.15) is 30.5 Å². The minimum absolute atomic E-state index is 0.0538. The van der Waals surface area contributed by atoms with Gasteiger partial charge in [-0.3, -0.25) is 4.72 Å². The molecule has 0 aliphatic rings. The SMILES string of the molecule is Cc1ccc(S(=O)(=O)NC(c2nnc(NS(=O)(=O)c3ccc(Br)cc3)s2)C(C)C)cc1. The highest BCUT2D eigenvalue weighted by molar-refractivity contribution is 9.10. The first-order valence-corrected chi connectivity index (χ1v) is 13.8. The molecule has 3 aromatic rings. The Labute approximate surface area is 194 Å². The summed E-state index contributed by atoms with van der Waals surface area (Å²) >= 11 is 4.25. The van der Waals surface area contributed by atoms with E-state index in [4.69, 9.17) is 0 Å². The summed E-state index contributed by atoms with van der Waals surface area (Å²) in [5, 5.41) is 8.34.